The van der Waals surface area contributed by atoms with Gasteiger partial charge in [0.25, 0.3) is 0 Å². The number of carbonyl (C=O) groups excluding carboxylic acids is 2. The Labute approximate surface area is 203 Å². The van der Waals surface area contributed by atoms with Crippen molar-refractivity contribution in [2.24, 2.45) is 17.0 Å². The highest BCUT2D eigenvalue weighted by molar-refractivity contribution is 5.95. The molecule has 0 radical (unpaired) electrons. The van der Waals surface area contributed by atoms with Gasteiger partial charge in [0, 0.05) is 19.9 Å². The van der Waals surface area contributed by atoms with Gasteiger partial charge in [-0.15, -0.1) is 0 Å². The Balaban J connectivity index is 1.69. The van der Waals surface area contributed by atoms with Crippen molar-refractivity contribution < 1.29 is 31.9 Å². The number of nitrogens with one attached hydrogen (secondary N) is 2. The number of anilines is 1. The van der Waals surface area contributed by atoms with Crippen LogP contribution in [-0.2, 0) is 9.53 Å². The third-order valence-electron chi connectivity index (χ3n) is 5.53. The summed E-state index contributed by atoms with van der Waals surface area (Å²) < 4.78 is 58.7. The molecule has 0 aliphatic heterocycles. The van der Waals surface area contributed by atoms with E-state index in [1.165, 1.54) is 39.2 Å². The minimum atomic E-state index is -2.85. The lowest BCUT2D eigenvalue weighted by molar-refractivity contribution is -0.170. The van der Waals surface area contributed by atoms with Crippen molar-refractivity contribution in [3.63, 3.8) is 0 Å². The van der Waals surface area contributed by atoms with E-state index in [1.807, 2.05) is 0 Å². The Morgan fingerprint density at radius 2 is 1.86 bits per heavy atom. The molecule has 0 unspecified atom stereocenters. The maximum atomic E-state index is 13.8. The van der Waals surface area contributed by atoms with E-state index in [0.717, 1.165) is 11.1 Å². The van der Waals surface area contributed by atoms with Gasteiger partial charge in [-0.3, -0.25) is 20.1 Å². The largest absolute Gasteiger partial charge is 0.441 e. The van der Waals surface area contributed by atoms with Crippen LogP contribution in [0, 0.1) is 17.2 Å². The Kier molecular flexibility index (Phi) is 7.38. The SMILES string of the molecule is C[C@@H](OC(=O)N/C(=C(/N)c1ccc(NC(=O)C2(C)CC(F)(F)C2)cn1)N(C)N)c1cc(F)cnc1F. The molecule has 1 aliphatic carbocycles. The van der Waals surface area contributed by atoms with Gasteiger partial charge in [-0.25, -0.2) is 28.8 Å². The molecule has 0 spiro atoms. The number of nitrogens with zero attached hydrogens (tertiary/aromatic N) is 3. The summed E-state index contributed by atoms with van der Waals surface area (Å²) in [6.07, 6.45) is -1.40. The van der Waals surface area contributed by atoms with Gasteiger partial charge >= 0.3 is 6.09 Å². The summed E-state index contributed by atoms with van der Waals surface area (Å²) in [5.41, 5.74) is 4.95. The minimum absolute atomic E-state index is 0.0910. The summed E-state index contributed by atoms with van der Waals surface area (Å²) in [6.45, 7) is 2.77. The Bertz CT molecular complexity index is 1180. The summed E-state index contributed by atoms with van der Waals surface area (Å²) in [5, 5.41) is 5.83. The molecular weight excluding hydrogens is 486 g/mol. The molecular formula is C22H25F4N7O3. The zero-order valence-electron chi connectivity index (χ0n) is 19.6. The zero-order chi connectivity index (χ0) is 26.8. The molecule has 2 aromatic heterocycles. The Hall–Kier alpha value is -3.94. The summed E-state index contributed by atoms with van der Waals surface area (Å²) in [5.74, 6) is 0.410. The predicted molar refractivity (Wildman–Crippen MR) is 120 cm³/mol. The van der Waals surface area contributed by atoms with E-state index in [1.54, 1.807) is 0 Å². The molecule has 6 N–H and O–H groups in total. The molecule has 2 aromatic rings. The number of halogens is 4. The van der Waals surface area contributed by atoms with Crippen molar-refractivity contribution in [2.45, 2.75) is 38.7 Å². The molecule has 2 amide bonds. The van der Waals surface area contributed by atoms with Gasteiger partial charge in [0.1, 0.15) is 17.6 Å². The van der Waals surface area contributed by atoms with Crippen LogP contribution in [0.15, 0.2) is 36.4 Å². The second-order valence-electron chi connectivity index (χ2n) is 8.74. The topological polar surface area (TPSA) is 148 Å². The highest BCUT2D eigenvalue weighted by atomic mass is 19.3. The normalized spacial score (nSPS) is 17.2. The number of carbonyl (C=O) groups is 2. The van der Waals surface area contributed by atoms with Gasteiger partial charge in [-0.2, -0.15) is 4.39 Å². The minimum Gasteiger partial charge on any atom is -0.441 e. The van der Waals surface area contributed by atoms with Gasteiger partial charge in [0.05, 0.1) is 34.8 Å². The third-order valence-corrected chi connectivity index (χ3v) is 5.53. The van der Waals surface area contributed by atoms with E-state index in [4.69, 9.17) is 16.3 Å². The second kappa shape index (κ2) is 9.97. The van der Waals surface area contributed by atoms with E-state index < -0.39 is 54.0 Å². The third kappa shape index (κ3) is 6.00. The quantitative estimate of drug-likeness (QED) is 0.192. The second-order valence-corrected chi connectivity index (χ2v) is 8.74. The lowest BCUT2D eigenvalue weighted by atomic mass is 9.67. The average molecular weight is 511 g/mol. The highest BCUT2D eigenvalue weighted by Crippen LogP contribution is 2.52. The van der Waals surface area contributed by atoms with Crippen molar-refractivity contribution >= 4 is 23.4 Å². The first-order valence-corrected chi connectivity index (χ1v) is 10.6. The van der Waals surface area contributed by atoms with Crippen LogP contribution in [0.3, 0.4) is 0 Å². The van der Waals surface area contributed by atoms with Crippen LogP contribution in [0.2, 0.25) is 0 Å². The summed E-state index contributed by atoms with van der Waals surface area (Å²) >= 11 is 0. The standard InChI is InChI=1S/C22H25F4N7O3/c1-11(14-6-12(23)7-30-17(14)24)36-20(35)32-18(33(3)28)16(27)15-5-4-13(8-29-15)31-19(34)21(2)9-22(25,26)10-21/h4-8,11H,9-10,27-28H2,1-3H3,(H,31,34)(H,32,35)/b18-16-/t11-/m1/s1. The van der Waals surface area contributed by atoms with Gasteiger partial charge in [-0.1, -0.05) is 6.92 Å². The number of nitrogens with two attached hydrogens (primary N) is 2. The fourth-order valence-electron chi connectivity index (χ4n) is 3.70. The van der Waals surface area contributed by atoms with Crippen LogP contribution < -0.4 is 22.2 Å². The Morgan fingerprint density at radius 3 is 2.42 bits per heavy atom. The Morgan fingerprint density at radius 1 is 1.19 bits per heavy atom. The number of alkyl halides is 2. The molecule has 10 nitrogen and oxygen atoms in total. The molecule has 1 atom stereocenters. The fraction of sp³-hybridized carbons (Fsp3) is 0.364. The first-order chi connectivity index (χ1) is 16.7. The van der Waals surface area contributed by atoms with Crippen molar-refractivity contribution in [2.75, 3.05) is 12.4 Å². The molecule has 0 bridgehead atoms. The number of amides is 2. The molecule has 0 aromatic carbocycles. The number of hydrazine groups is 1. The maximum absolute atomic E-state index is 13.8. The number of alkyl carbamates (subject to hydrolysis) is 1. The number of pyridine rings is 2. The monoisotopic (exact) mass is 511 g/mol. The number of hydrogen-bond acceptors (Lipinski definition) is 8. The molecule has 194 valence electrons. The van der Waals surface area contributed by atoms with Gasteiger partial charge in [0.2, 0.25) is 17.8 Å². The van der Waals surface area contributed by atoms with Crippen LogP contribution in [0.4, 0.5) is 28.0 Å². The van der Waals surface area contributed by atoms with E-state index >= 15 is 0 Å². The lowest BCUT2D eigenvalue weighted by Gasteiger charge is -2.43. The molecule has 2 heterocycles. The van der Waals surface area contributed by atoms with Crippen molar-refractivity contribution in [1.82, 2.24) is 20.3 Å². The summed E-state index contributed by atoms with van der Waals surface area (Å²) in [4.78, 5) is 32.0. The predicted octanol–water partition coefficient (Wildman–Crippen LogP) is 3.01. The average Bonchev–Trinajstić information content (AvgIpc) is 2.77. The lowest BCUT2D eigenvalue weighted by Crippen LogP contribution is -2.51. The van der Waals surface area contributed by atoms with Crippen LogP contribution >= 0.6 is 0 Å². The molecule has 3 rings (SSSR count). The van der Waals surface area contributed by atoms with Crippen LogP contribution in [0.25, 0.3) is 5.70 Å². The maximum Gasteiger partial charge on any atom is 0.413 e. The number of aromatic nitrogens is 2. The van der Waals surface area contributed by atoms with E-state index in [0.29, 0.717) is 6.20 Å². The zero-order valence-corrected chi connectivity index (χ0v) is 19.6. The van der Waals surface area contributed by atoms with E-state index in [2.05, 4.69) is 20.6 Å². The fourth-order valence-corrected chi connectivity index (χ4v) is 3.70. The van der Waals surface area contributed by atoms with Crippen molar-refractivity contribution in [3.05, 3.63) is 59.4 Å². The summed E-state index contributed by atoms with van der Waals surface area (Å²) in [7, 11) is 1.37. The van der Waals surface area contributed by atoms with Gasteiger partial charge in [-0.05, 0) is 25.1 Å². The number of ether oxygens (including phenoxy) is 1. The molecule has 1 saturated carbocycles. The first-order valence-electron chi connectivity index (χ1n) is 10.6. The van der Waals surface area contributed by atoms with Crippen LogP contribution in [0.5, 0.6) is 0 Å². The molecule has 1 aliphatic rings. The summed E-state index contributed by atoms with van der Waals surface area (Å²) in [6, 6.07) is 3.71. The van der Waals surface area contributed by atoms with E-state index in [9.17, 15) is 27.2 Å². The van der Waals surface area contributed by atoms with E-state index in [-0.39, 0.29) is 28.5 Å². The molecule has 0 saturated heterocycles. The first kappa shape index (κ1) is 26.7. The molecule has 36 heavy (non-hydrogen) atoms. The number of rotatable bonds is 7. The highest BCUT2D eigenvalue weighted by Gasteiger charge is 2.57. The molecule has 14 heteroatoms. The molecule has 1 fully saturated rings. The van der Waals surface area contributed by atoms with Crippen LogP contribution in [-0.4, -0.2) is 39.9 Å². The van der Waals surface area contributed by atoms with Gasteiger partial charge in [0.15, 0.2) is 5.82 Å². The smallest absolute Gasteiger partial charge is 0.413 e. The van der Waals surface area contributed by atoms with Gasteiger partial charge < -0.3 is 15.8 Å². The van der Waals surface area contributed by atoms with Crippen molar-refractivity contribution in [3.8, 4) is 0 Å². The van der Waals surface area contributed by atoms with Crippen LogP contribution in [0.1, 0.15) is 44.1 Å². The van der Waals surface area contributed by atoms with Crippen molar-refractivity contribution in [1.29, 1.82) is 0 Å². The number of hydrogen-bond donors (Lipinski definition) is 4.